The lowest BCUT2D eigenvalue weighted by Crippen LogP contribution is -1.89. The maximum Gasteiger partial charge on any atom is 0.394 e. The Balaban J connectivity index is 0.000000421. The highest BCUT2D eigenvalue weighted by atomic mass is 127. The fourth-order valence-electron chi connectivity index (χ4n) is 1.26. The predicted octanol–water partition coefficient (Wildman–Crippen LogP) is 3.32. The van der Waals surface area contributed by atoms with Crippen molar-refractivity contribution < 1.29 is 17.5 Å². The lowest BCUT2D eigenvalue weighted by atomic mass is 10.1. The van der Waals surface area contributed by atoms with E-state index in [1.807, 2.05) is 12.1 Å². The summed E-state index contributed by atoms with van der Waals surface area (Å²) in [5, 5.41) is 0. The van der Waals surface area contributed by atoms with Crippen LogP contribution in [0.2, 0.25) is 0 Å². The Morgan fingerprint density at radius 3 is 1.11 bits per heavy atom. The van der Waals surface area contributed by atoms with Crippen LogP contribution in [-0.4, -0.2) is 17.5 Å². The second-order valence-corrected chi connectivity index (χ2v) is 4.08. The SMILES string of the molecule is I.O=S(=O)(O)O.c1ccc(-c2ccccc2)cc1. The van der Waals surface area contributed by atoms with Crippen molar-refractivity contribution >= 4 is 34.4 Å². The second-order valence-electron chi connectivity index (χ2n) is 3.18. The van der Waals surface area contributed by atoms with E-state index in [2.05, 4.69) is 48.5 Å². The van der Waals surface area contributed by atoms with Crippen LogP contribution in [0, 0.1) is 0 Å². The molecule has 0 spiro atoms. The van der Waals surface area contributed by atoms with Crippen LogP contribution >= 0.6 is 24.0 Å². The minimum atomic E-state index is -4.67. The van der Waals surface area contributed by atoms with Gasteiger partial charge >= 0.3 is 10.4 Å². The van der Waals surface area contributed by atoms with Crippen molar-refractivity contribution in [3.05, 3.63) is 60.7 Å². The molecule has 0 aliphatic heterocycles. The number of rotatable bonds is 1. The summed E-state index contributed by atoms with van der Waals surface area (Å²) in [6.45, 7) is 0. The van der Waals surface area contributed by atoms with E-state index < -0.39 is 10.4 Å². The third-order valence-corrected chi connectivity index (χ3v) is 1.88. The highest BCUT2D eigenvalue weighted by molar-refractivity contribution is 14.0. The Hall–Kier alpha value is -0.960. The first kappa shape index (κ1) is 17.0. The molecule has 0 aromatic heterocycles. The van der Waals surface area contributed by atoms with E-state index in [0.717, 1.165) is 0 Å². The van der Waals surface area contributed by atoms with Gasteiger partial charge in [0.15, 0.2) is 0 Å². The zero-order valence-corrected chi connectivity index (χ0v) is 12.4. The molecule has 2 aromatic rings. The minimum absolute atomic E-state index is 0. The molecule has 6 heteroatoms. The molecular formula is C12H13IO4S. The van der Waals surface area contributed by atoms with Gasteiger partial charge in [-0.2, -0.15) is 8.42 Å². The summed E-state index contributed by atoms with van der Waals surface area (Å²) >= 11 is 0. The minimum Gasteiger partial charge on any atom is -0.264 e. The Morgan fingerprint density at radius 2 is 0.889 bits per heavy atom. The average Bonchev–Trinajstić information content (AvgIpc) is 2.29. The maximum absolute atomic E-state index is 8.74. The third-order valence-electron chi connectivity index (χ3n) is 1.88. The molecule has 18 heavy (non-hydrogen) atoms. The number of hydrogen-bond donors (Lipinski definition) is 2. The molecule has 0 aliphatic rings. The van der Waals surface area contributed by atoms with Crippen molar-refractivity contribution in [3.63, 3.8) is 0 Å². The van der Waals surface area contributed by atoms with Gasteiger partial charge in [-0.05, 0) is 11.1 Å². The maximum atomic E-state index is 8.74. The quantitative estimate of drug-likeness (QED) is 0.588. The number of benzene rings is 2. The molecule has 0 unspecified atom stereocenters. The van der Waals surface area contributed by atoms with E-state index in [-0.39, 0.29) is 24.0 Å². The highest BCUT2D eigenvalue weighted by Crippen LogP contribution is 2.17. The summed E-state index contributed by atoms with van der Waals surface area (Å²) in [4.78, 5) is 0. The molecule has 0 saturated carbocycles. The van der Waals surface area contributed by atoms with E-state index in [1.165, 1.54) is 11.1 Å². The lowest BCUT2D eigenvalue weighted by molar-refractivity contribution is 0.381. The average molecular weight is 380 g/mol. The molecule has 98 valence electrons. The van der Waals surface area contributed by atoms with Crippen molar-refractivity contribution in [1.29, 1.82) is 0 Å². The van der Waals surface area contributed by atoms with E-state index in [1.54, 1.807) is 0 Å². The van der Waals surface area contributed by atoms with Gasteiger partial charge in [0, 0.05) is 0 Å². The van der Waals surface area contributed by atoms with Crippen LogP contribution in [0.15, 0.2) is 60.7 Å². The Labute approximate surface area is 123 Å². The number of halogens is 1. The molecule has 0 bridgehead atoms. The summed E-state index contributed by atoms with van der Waals surface area (Å²) in [6, 6.07) is 20.8. The van der Waals surface area contributed by atoms with Crippen molar-refractivity contribution in [2.75, 3.05) is 0 Å². The van der Waals surface area contributed by atoms with Gasteiger partial charge in [0.05, 0.1) is 0 Å². The van der Waals surface area contributed by atoms with E-state index in [9.17, 15) is 0 Å². The van der Waals surface area contributed by atoms with Crippen LogP contribution in [-0.2, 0) is 10.4 Å². The third kappa shape index (κ3) is 8.18. The molecule has 0 saturated heterocycles. The normalized spacial score (nSPS) is 9.67. The first-order valence-corrected chi connectivity index (χ1v) is 6.17. The summed E-state index contributed by atoms with van der Waals surface area (Å²) < 4.78 is 31.6. The zero-order valence-electron chi connectivity index (χ0n) is 9.30. The van der Waals surface area contributed by atoms with Crippen LogP contribution in [0.5, 0.6) is 0 Å². The highest BCUT2D eigenvalue weighted by Gasteiger charge is 1.91. The standard InChI is InChI=1S/C12H10.HI.H2O4S/c1-3-7-11(8-4-1)12-9-5-2-6-10-12;;1-5(2,3)4/h1-10H;1H;(H2,1,2,3,4). The fraction of sp³-hybridized carbons (Fsp3) is 0. The Kier molecular flexibility index (Phi) is 7.76. The van der Waals surface area contributed by atoms with E-state index >= 15 is 0 Å². The molecular weight excluding hydrogens is 367 g/mol. The molecule has 2 N–H and O–H groups in total. The van der Waals surface area contributed by atoms with Gasteiger partial charge in [0.2, 0.25) is 0 Å². The Morgan fingerprint density at radius 1 is 0.667 bits per heavy atom. The molecule has 4 nitrogen and oxygen atoms in total. The Bertz CT molecular complexity index is 495. The van der Waals surface area contributed by atoms with Gasteiger partial charge in [-0.15, -0.1) is 24.0 Å². The first-order valence-electron chi connectivity index (χ1n) is 4.77. The van der Waals surface area contributed by atoms with Crippen molar-refractivity contribution in [3.8, 4) is 11.1 Å². The largest absolute Gasteiger partial charge is 0.394 e. The summed E-state index contributed by atoms with van der Waals surface area (Å²) in [5.41, 5.74) is 2.55. The molecule has 0 heterocycles. The second kappa shape index (κ2) is 8.20. The van der Waals surface area contributed by atoms with Gasteiger partial charge in [-0.25, -0.2) is 0 Å². The van der Waals surface area contributed by atoms with Crippen molar-refractivity contribution in [2.45, 2.75) is 0 Å². The molecule has 0 radical (unpaired) electrons. The lowest BCUT2D eigenvalue weighted by Gasteiger charge is -1.98. The van der Waals surface area contributed by atoms with E-state index in [0.29, 0.717) is 0 Å². The van der Waals surface area contributed by atoms with Crippen LogP contribution in [0.25, 0.3) is 11.1 Å². The summed E-state index contributed by atoms with van der Waals surface area (Å²) in [7, 11) is -4.67. The predicted molar refractivity (Wildman–Crippen MR) is 81.5 cm³/mol. The van der Waals surface area contributed by atoms with Crippen molar-refractivity contribution in [1.82, 2.24) is 0 Å². The fourth-order valence-corrected chi connectivity index (χ4v) is 1.26. The van der Waals surface area contributed by atoms with E-state index in [4.69, 9.17) is 17.5 Å². The molecule has 0 aliphatic carbocycles. The van der Waals surface area contributed by atoms with Crippen LogP contribution < -0.4 is 0 Å². The van der Waals surface area contributed by atoms with Gasteiger partial charge in [0.1, 0.15) is 0 Å². The summed E-state index contributed by atoms with van der Waals surface area (Å²) in [5.74, 6) is 0. The molecule has 2 aromatic carbocycles. The van der Waals surface area contributed by atoms with Crippen LogP contribution in [0.3, 0.4) is 0 Å². The van der Waals surface area contributed by atoms with Gasteiger partial charge in [0.25, 0.3) is 0 Å². The van der Waals surface area contributed by atoms with Crippen LogP contribution in [0.1, 0.15) is 0 Å². The van der Waals surface area contributed by atoms with Gasteiger partial charge in [-0.1, -0.05) is 60.7 Å². The molecule has 0 atom stereocenters. The topological polar surface area (TPSA) is 74.6 Å². The smallest absolute Gasteiger partial charge is 0.264 e. The zero-order chi connectivity index (χ0) is 12.7. The first-order chi connectivity index (χ1) is 7.97. The summed E-state index contributed by atoms with van der Waals surface area (Å²) in [6.07, 6.45) is 0. The molecule has 0 fully saturated rings. The van der Waals surface area contributed by atoms with Gasteiger partial charge < -0.3 is 0 Å². The molecule has 0 amide bonds. The van der Waals surface area contributed by atoms with Gasteiger partial charge in [-0.3, -0.25) is 9.11 Å². The monoisotopic (exact) mass is 380 g/mol. The van der Waals surface area contributed by atoms with Crippen LogP contribution in [0.4, 0.5) is 0 Å². The molecule has 2 rings (SSSR count). The number of hydrogen-bond acceptors (Lipinski definition) is 2. The van der Waals surface area contributed by atoms with Crippen molar-refractivity contribution in [2.24, 2.45) is 0 Å².